The quantitative estimate of drug-likeness (QED) is 0.358. The molecular formula is C25H38O5. The molecule has 0 aliphatic heterocycles. The van der Waals surface area contributed by atoms with Crippen LogP contribution in [0.5, 0.6) is 0 Å². The average Bonchev–Trinajstić information content (AvgIpc) is 2.62. The van der Waals surface area contributed by atoms with Gasteiger partial charge in [-0.05, 0) is 70.6 Å². The summed E-state index contributed by atoms with van der Waals surface area (Å²) >= 11 is 0. The van der Waals surface area contributed by atoms with Crippen LogP contribution in [-0.2, 0) is 14.3 Å². The molecular weight excluding hydrogens is 380 g/mol. The van der Waals surface area contributed by atoms with Crippen molar-refractivity contribution in [2.45, 2.75) is 86.4 Å². The number of esters is 1. The minimum absolute atomic E-state index is 0.149. The summed E-state index contributed by atoms with van der Waals surface area (Å²) in [6.45, 7) is 14.0. The van der Waals surface area contributed by atoms with Gasteiger partial charge in [-0.15, -0.1) is 0 Å². The summed E-state index contributed by atoms with van der Waals surface area (Å²) in [5.74, 6) is -0.791. The highest BCUT2D eigenvalue weighted by atomic mass is 16.6. The van der Waals surface area contributed by atoms with Gasteiger partial charge in [0, 0.05) is 17.1 Å². The predicted molar refractivity (Wildman–Crippen MR) is 118 cm³/mol. The van der Waals surface area contributed by atoms with Gasteiger partial charge in [0.2, 0.25) is 0 Å². The van der Waals surface area contributed by atoms with Gasteiger partial charge in [0.05, 0.1) is 6.10 Å². The van der Waals surface area contributed by atoms with Gasteiger partial charge in [0.1, 0.15) is 6.10 Å². The lowest BCUT2D eigenvalue weighted by Crippen LogP contribution is -2.60. The highest BCUT2D eigenvalue weighted by molar-refractivity contribution is 5.87. The zero-order chi connectivity index (χ0) is 22.9. The Morgan fingerprint density at radius 2 is 1.90 bits per heavy atom. The van der Waals surface area contributed by atoms with Crippen molar-refractivity contribution in [3.8, 4) is 0 Å². The number of carboxylic acid groups (broad SMARTS) is 1. The predicted octanol–water partition coefficient (Wildman–Crippen LogP) is 5.06. The number of carboxylic acids is 1. The van der Waals surface area contributed by atoms with E-state index < -0.39 is 23.6 Å². The SMILES string of the molecule is C/C=C(/C)C(=O)O[C@@H]1[C@H](O)C[C@]2(C)[C@@H](CC/C(C)=C\C(=O)O)C(C)=CC[C@H]2C1(C)C. The maximum absolute atomic E-state index is 12.4. The number of carbonyl (C=O) groups excluding carboxylic acids is 1. The van der Waals surface area contributed by atoms with E-state index in [-0.39, 0.29) is 23.2 Å². The Hall–Kier alpha value is -1.88. The van der Waals surface area contributed by atoms with Crippen LogP contribution in [0, 0.1) is 22.7 Å². The molecule has 5 atom stereocenters. The molecule has 2 aliphatic carbocycles. The maximum atomic E-state index is 12.4. The number of ether oxygens (including phenoxy) is 1. The number of fused-ring (bicyclic) bond motifs is 1. The molecule has 1 saturated carbocycles. The summed E-state index contributed by atoms with van der Waals surface area (Å²) in [5.41, 5.74) is 2.16. The van der Waals surface area contributed by atoms with Crippen molar-refractivity contribution < 1.29 is 24.5 Å². The lowest BCUT2D eigenvalue weighted by atomic mass is 9.46. The Morgan fingerprint density at radius 3 is 2.47 bits per heavy atom. The van der Waals surface area contributed by atoms with E-state index >= 15 is 0 Å². The Labute approximate surface area is 180 Å². The number of rotatable bonds is 6. The molecule has 0 saturated heterocycles. The molecule has 168 valence electrons. The molecule has 0 unspecified atom stereocenters. The molecule has 30 heavy (non-hydrogen) atoms. The van der Waals surface area contributed by atoms with Crippen LogP contribution in [-0.4, -0.2) is 34.4 Å². The fourth-order valence-electron chi connectivity index (χ4n) is 5.94. The molecule has 2 rings (SSSR count). The molecule has 0 heterocycles. The first kappa shape index (κ1) is 24.4. The second-order valence-corrected chi connectivity index (χ2v) is 10.1. The van der Waals surface area contributed by atoms with Crippen LogP contribution in [0.2, 0.25) is 0 Å². The highest BCUT2D eigenvalue weighted by Gasteiger charge is 2.59. The Balaban J connectivity index is 2.32. The van der Waals surface area contributed by atoms with Gasteiger partial charge in [0.25, 0.3) is 0 Å². The number of aliphatic hydroxyl groups excluding tert-OH is 1. The molecule has 2 N–H and O–H groups in total. The molecule has 0 amide bonds. The smallest absolute Gasteiger partial charge is 0.333 e. The van der Waals surface area contributed by atoms with Crippen LogP contribution in [0.1, 0.15) is 74.1 Å². The number of carbonyl (C=O) groups is 2. The fourth-order valence-corrected chi connectivity index (χ4v) is 5.94. The van der Waals surface area contributed by atoms with Crippen molar-refractivity contribution in [1.82, 2.24) is 0 Å². The van der Waals surface area contributed by atoms with E-state index in [0.29, 0.717) is 18.4 Å². The largest absolute Gasteiger partial charge is 0.478 e. The van der Waals surface area contributed by atoms with Crippen molar-refractivity contribution in [2.75, 3.05) is 0 Å². The molecule has 0 bridgehead atoms. The van der Waals surface area contributed by atoms with E-state index in [1.807, 2.05) is 6.92 Å². The van der Waals surface area contributed by atoms with Crippen LogP contribution >= 0.6 is 0 Å². The standard InChI is InChI=1S/C25H38O5/c1-8-16(3)23(29)30-22-19(26)14-25(7)18(11-9-15(2)13-21(27)28)17(4)10-12-20(25)24(22,5)6/h8,10,13,18-20,22,26H,9,11-12,14H2,1-7H3,(H,27,28)/b15-13-,16-8-/t18-,19+,20-,22+,25+/m0/s1. The Bertz CT molecular complexity index is 772. The van der Waals surface area contributed by atoms with Crippen LogP contribution in [0.15, 0.2) is 34.9 Å². The van der Waals surface area contributed by atoms with Crippen molar-refractivity contribution in [3.05, 3.63) is 34.9 Å². The summed E-state index contributed by atoms with van der Waals surface area (Å²) in [6, 6.07) is 0. The first-order valence-corrected chi connectivity index (χ1v) is 10.9. The van der Waals surface area contributed by atoms with Crippen LogP contribution in [0.4, 0.5) is 0 Å². The molecule has 5 nitrogen and oxygen atoms in total. The number of hydrogen-bond acceptors (Lipinski definition) is 4. The topological polar surface area (TPSA) is 83.8 Å². The third kappa shape index (κ3) is 4.72. The first-order chi connectivity index (χ1) is 13.8. The zero-order valence-corrected chi connectivity index (χ0v) is 19.5. The van der Waals surface area contributed by atoms with E-state index in [4.69, 9.17) is 9.84 Å². The van der Waals surface area contributed by atoms with Gasteiger partial charge in [-0.3, -0.25) is 0 Å². The van der Waals surface area contributed by atoms with Crippen molar-refractivity contribution >= 4 is 11.9 Å². The van der Waals surface area contributed by atoms with Gasteiger partial charge >= 0.3 is 11.9 Å². The second-order valence-electron chi connectivity index (χ2n) is 10.1. The third-order valence-corrected chi connectivity index (χ3v) is 7.63. The van der Waals surface area contributed by atoms with Crippen LogP contribution in [0.3, 0.4) is 0 Å². The summed E-state index contributed by atoms with van der Waals surface area (Å²) in [7, 11) is 0. The van der Waals surface area contributed by atoms with Crippen molar-refractivity contribution in [3.63, 3.8) is 0 Å². The molecule has 0 spiro atoms. The summed E-state index contributed by atoms with van der Waals surface area (Å²) in [4.78, 5) is 23.4. The normalized spacial score (nSPS) is 34.1. The van der Waals surface area contributed by atoms with E-state index in [1.165, 1.54) is 11.6 Å². The van der Waals surface area contributed by atoms with Gasteiger partial charge < -0.3 is 14.9 Å². The van der Waals surface area contributed by atoms with Gasteiger partial charge in [-0.1, -0.05) is 44.1 Å². The van der Waals surface area contributed by atoms with E-state index in [2.05, 4.69) is 33.8 Å². The van der Waals surface area contributed by atoms with E-state index in [0.717, 1.165) is 18.4 Å². The lowest BCUT2D eigenvalue weighted by Gasteiger charge is -2.60. The zero-order valence-electron chi connectivity index (χ0n) is 19.5. The fraction of sp³-hybridized carbons (Fsp3) is 0.680. The van der Waals surface area contributed by atoms with Crippen molar-refractivity contribution in [1.29, 1.82) is 0 Å². The molecule has 5 heteroatoms. The molecule has 1 fully saturated rings. The molecule has 0 aromatic heterocycles. The Morgan fingerprint density at radius 1 is 1.27 bits per heavy atom. The molecule has 0 aromatic carbocycles. The highest BCUT2D eigenvalue weighted by Crippen LogP contribution is 2.61. The lowest BCUT2D eigenvalue weighted by molar-refractivity contribution is -0.199. The van der Waals surface area contributed by atoms with Crippen molar-refractivity contribution in [2.24, 2.45) is 22.7 Å². The molecule has 2 aliphatic rings. The average molecular weight is 419 g/mol. The van der Waals surface area contributed by atoms with Gasteiger partial charge in [-0.2, -0.15) is 0 Å². The number of hydrogen-bond donors (Lipinski definition) is 2. The number of aliphatic hydroxyl groups is 1. The summed E-state index contributed by atoms with van der Waals surface area (Å²) < 4.78 is 5.82. The van der Waals surface area contributed by atoms with Crippen LogP contribution in [0.25, 0.3) is 0 Å². The van der Waals surface area contributed by atoms with Gasteiger partial charge in [-0.25, -0.2) is 9.59 Å². The van der Waals surface area contributed by atoms with E-state index in [9.17, 15) is 14.7 Å². The number of allylic oxidation sites excluding steroid dienone is 4. The van der Waals surface area contributed by atoms with Crippen LogP contribution < -0.4 is 0 Å². The minimum Gasteiger partial charge on any atom is -0.478 e. The third-order valence-electron chi connectivity index (χ3n) is 7.63. The van der Waals surface area contributed by atoms with E-state index in [1.54, 1.807) is 19.9 Å². The summed E-state index contributed by atoms with van der Waals surface area (Å²) in [6.07, 6.45) is 6.99. The van der Waals surface area contributed by atoms with Gasteiger partial charge in [0.15, 0.2) is 0 Å². The monoisotopic (exact) mass is 418 g/mol. The molecule has 0 aromatic rings. The minimum atomic E-state index is -0.914. The molecule has 0 radical (unpaired) electrons. The Kier molecular flexibility index (Phi) is 7.39. The summed E-state index contributed by atoms with van der Waals surface area (Å²) in [5, 5.41) is 20.1. The maximum Gasteiger partial charge on any atom is 0.333 e. The number of aliphatic carboxylic acids is 1. The first-order valence-electron chi connectivity index (χ1n) is 10.9. The second kappa shape index (κ2) is 9.09.